The Hall–Kier alpha value is -2.32. The Morgan fingerprint density at radius 3 is 1.83 bits per heavy atom. The van der Waals surface area contributed by atoms with Crippen molar-refractivity contribution in [2.24, 2.45) is 0 Å². The largest absolute Gasteiger partial charge is 0.383 e. The van der Waals surface area contributed by atoms with Crippen molar-refractivity contribution in [3.05, 3.63) is 120 Å². The van der Waals surface area contributed by atoms with E-state index in [0.29, 0.717) is 19.8 Å². The highest BCUT2D eigenvalue weighted by Crippen LogP contribution is 2.40. The lowest BCUT2D eigenvalue weighted by Gasteiger charge is -2.49. The number of halogens is 1. The van der Waals surface area contributed by atoms with Gasteiger partial charge in [-0.2, -0.15) is 0 Å². The minimum Gasteiger partial charge on any atom is -0.383 e. The predicted octanol–water partition coefficient (Wildman–Crippen LogP) is 5.80. The van der Waals surface area contributed by atoms with Crippen LogP contribution in [0, 0.1) is 0 Å². The third-order valence-corrected chi connectivity index (χ3v) is 7.28. The van der Waals surface area contributed by atoms with Crippen LogP contribution < -0.4 is 0 Å². The quantitative estimate of drug-likeness (QED) is 0.227. The SMILES string of the molecule is C=CC[C@]1(O)[C@@H](Br)O[C@H](COCc2ccccc2)[C@@H](OCc2ccccc2)[C@@H]1OCc1ccccc1. The summed E-state index contributed by atoms with van der Waals surface area (Å²) in [6.07, 6.45) is 0.210. The van der Waals surface area contributed by atoms with Crippen LogP contribution in [0.15, 0.2) is 104 Å². The molecule has 0 aromatic heterocycles. The molecule has 0 radical (unpaired) electrons. The number of rotatable bonds is 12. The lowest BCUT2D eigenvalue weighted by Crippen LogP contribution is -2.66. The molecule has 5 atom stereocenters. The first-order valence-corrected chi connectivity index (χ1v) is 13.1. The zero-order chi connectivity index (χ0) is 25.2. The Kier molecular flexibility index (Phi) is 9.87. The van der Waals surface area contributed by atoms with Gasteiger partial charge in [-0.05, 0) is 23.1 Å². The first-order valence-electron chi connectivity index (χ1n) is 12.2. The van der Waals surface area contributed by atoms with Crippen LogP contribution in [0.3, 0.4) is 0 Å². The molecule has 6 heteroatoms. The second-order valence-electron chi connectivity index (χ2n) is 8.95. The van der Waals surface area contributed by atoms with Gasteiger partial charge in [0, 0.05) is 0 Å². The van der Waals surface area contributed by atoms with E-state index in [1.165, 1.54) is 0 Å². The van der Waals surface area contributed by atoms with Crippen molar-refractivity contribution in [2.45, 2.75) is 55.2 Å². The predicted molar refractivity (Wildman–Crippen MR) is 143 cm³/mol. The molecule has 1 aliphatic rings. The van der Waals surface area contributed by atoms with Crippen LogP contribution >= 0.6 is 15.9 Å². The Morgan fingerprint density at radius 2 is 1.31 bits per heavy atom. The van der Waals surface area contributed by atoms with Gasteiger partial charge in [0.15, 0.2) is 0 Å². The van der Waals surface area contributed by atoms with E-state index in [2.05, 4.69) is 22.5 Å². The molecule has 0 aliphatic carbocycles. The van der Waals surface area contributed by atoms with Gasteiger partial charge in [0.25, 0.3) is 0 Å². The Labute approximate surface area is 221 Å². The number of hydrogen-bond acceptors (Lipinski definition) is 5. The van der Waals surface area contributed by atoms with Gasteiger partial charge in [-0.1, -0.05) is 113 Å². The van der Waals surface area contributed by atoms with Gasteiger partial charge in [-0.25, -0.2) is 0 Å². The molecule has 1 fully saturated rings. The number of aliphatic hydroxyl groups is 1. The third-order valence-electron chi connectivity index (χ3n) is 6.27. The van der Waals surface area contributed by atoms with E-state index in [9.17, 15) is 5.11 Å². The molecule has 190 valence electrons. The summed E-state index contributed by atoms with van der Waals surface area (Å²) in [6, 6.07) is 29.8. The minimum atomic E-state index is -1.38. The maximum Gasteiger partial charge on any atom is 0.144 e. The highest BCUT2D eigenvalue weighted by Gasteiger charge is 2.55. The minimum absolute atomic E-state index is 0.269. The van der Waals surface area contributed by atoms with Crippen LogP contribution in [0.1, 0.15) is 23.1 Å². The van der Waals surface area contributed by atoms with E-state index in [0.717, 1.165) is 16.7 Å². The van der Waals surface area contributed by atoms with Gasteiger partial charge in [-0.15, -0.1) is 6.58 Å². The second kappa shape index (κ2) is 13.3. The van der Waals surface area contributed by atoms with Gasteiger partial charge in [0.05, 0.1) is 26.4 Å². The molecule has 3 aromatic carbocycles. The van der Waals surface area contributed by atoms with E-state index in [1.54, 1.807) is 6.08 Å². The molecule has 0 bridgehead atoms. The smallest absolute Gasteiger partial charge is 0.144 e. The molecule has 1 aliphatic heterocycles. The maximum absolute atomic E-state index is 11.8. The van der Waals surface area contributed by atoms with Crippen molar-refractivity contribution in [1.29, 1.82) is 0 Å². The van der Waals surface area contributed by atoms with Crippen LogP contribution in [0.4, 0.5) is 0 Å². The van der Waals surface area contributed by atoms with Gasteiger partial charge < -0.3 is 24.1 Å². The Morgan fingerprint density at radius 1 is 0.806 bits per heavy atom. The summed E-state index contributed by atoms with van der Waals surface area (Å²) in [5.41, 5.74) is 1.73. The van der Waals surface area contributed by atoms with Crippen LogP contribution in [-0.4, -0.2) is 40.6 Å². The van der Waals surface area contributed by atoms with E-state index >= 15 is 0 Å². The molecule has 5 nitrogen and oxygen atoms in total. The molecule has 1 saturated heterocycles. The zero-order valence-corrected chi connectivity index (χ0v) is 21.8. The van der Waals surface area contributed by atoms with E-state index in [-0.39, 0.29) is 13.0 Å². The monoisotopic (exact) mass is 552 g/mol. The van der Waals surface area contributed by atoms with Gasteiger partial charge in [0.2, 0.25) is 0 Å². The molecule has 0 unspecified atom stereocenters. The van der Waals surface area contributed by atoms with Crippen LogP contribution in [-0.2, 0) is 38.8 Å². The van der Waals surface area contributed by atoms with E-state index in [4.69, 9.17) is 18.9 Å². The fraction of sp³-hybridized carbons (Fsp3) is 0.333. The summed E-state index contributed by atoms with van der Waals surface area (Å²) in [6.45, 7) is 5.26. The number of benzene rings is 3. The highest BCUT2D eigenvalue weighted by atomic mass is 79.9. The average molecular weight is 553 g/mol. The van der Waals surface area contributed by atoms with Crippen molar-refractivity contribution in [2.75, 3.05) is 6.61 Å². The van der Waals surface area contributed by atoms with Crippen molar-refractivity contribution >= 4 is 15.9 Å². The molecule has 0 spiro atoms. The first-order chi connectivity index (χ1) is 17.6. The van der Waals surface area contributed by atoms with Crippen molar-refractivity contribution < 1.29 is 24.1 Å². The summed E-state index contributed by atoms with van der Waals surface area (Å²) in [5, 5.41) is 11.1. The lowest BCUT2D eigenvalue weighted by atomic mass is 9.85. The highest BCUT2D eigenvalue weighted by molar-refractivity contribution is 9.09. The number of ether oxygens (including phenoxy) is 4. The molecule has 0 saturated carbocycles. The molecule has 1 N–H and O–H groups in total. The lowest BCUT2D eigenvalue weighted by molar-refractivity contribution is -0.278. The van der Waals surface area contributed by atoms with Crippen molar-refractivity contribution in [3.8, 4) is 0 Å². The number of alkyl halides is 1. The number of hydrogen-bond donors (Lipinski definition) is 1. The van der Waals surface area contributed by atoms with Gasteiger partial charge in [-0.3, -0.25) is 0 Å². The van der Waals surface area contributed by atoms with Crippen LogP contribution in [0.5, 0.6) is 0 Å². The molecule has 0 amide bonds. The van der Waals surface area contributed by atoms with E-state index < -0.39 is 28.9 Å². The molecular formula is C30H33BrO5. The average Bonchev–Trinajstić information content (AvgIpc) is 2.91. The molecular weight excluding hydrogens is 520 g/mol. The fourth-order valence-electron chi connectivity index (χ4n) is 4.36. The summed E-state index contributed by atoms with van der Waals surface area (Å²) in [4.78, 5) is 0. The Balaban J connectivity index is 1.56. The topological polar surface area (TPSA) is 57.2 Å². The van der Waals surface area contributed by atoms with Crippen molar-refractivity contribution in [1.82, 2.24) is 0 Å². The van der Waals surface area contributed by atoms with Crippen LogP contribution in [0.25, 0.3) is 0 Å². The normalized spacial score (nSPS) is 25.9. The molecule has 36 heavy (non-hydrogen) atoms. The third kappa shape index (κ3) is 6.91. The molecule has 1 heterocycles. The Bertz CT molecular complexity index is 1050. The fourth-order valence-corrected chi connectivity index (χ4v) is 5.08. The van der Waals surface area contributed by atoms with Crippen LogP contribution in [0.2, 0.25) is 0 Å². The summed E-state index contributed by atoms with van der Waals surface area (Å²) in [7, 11) is 0. The second-order valence-corrected chi connectivity index (χ2v) is 9.79. The summed E-state index contributed by atoms with van der Waals surface area (Å²) >= 11 is 3.57. The maximum atomic E-state index is 11.8. The van der Waals surface area contributed by atoms with Gasteiger partial charge >= 0.3 is 0 Å². The van der Waals surface area contributed by atoms with E-state index in [1.807, 2.05) is 91.0 Å². The zero-order valence-electron chi connectivity index (χ0n) is 20.2. The van der Waals surface area contributed by atoms with Crippen molar-refractivity contribution in [3.63, 3.8) is 0 Å². The first kappa shape index (κ1) is 26.7. The molecule has 4 rings (SSSR count). The standard InChI is InChI=1S/C30H33BrO5/c1-2-18-30(32)28(35-21-25-16-10-5-11-17-25)27(34-20-24-14-8-4-9-15-24)26(36-29(30)31)22-33-19-23-12-6-3-7-13-23/h2-17,26-29,32H,1,18-22H2/t26-,27-,28+,29+,30-/m1/s1. The summed E-state index contributed by atoms with van der Waals surface area (Å²) in [5.74, 6) is 0. The van der Waals surface area contributed by atoms with Gasteiger partial charge in [0.1, 0.15) is 28.9 Å². The molecule has 3 aromatic rings. The summed E-state index contributed by atoms with van der Waals surface area (Å²) < 4.78 is 25.2.